The number of allylic oxidation sites excluding steroid dienone is 6. The largest absolute Gasteiger partial charge is 0.402 e. The van der Waals surface area contributed by atoms with E-state index in [1.807, 2.05) is 39.0 Å². The van der Waals surface area contributed by atoms with E-state index in [4.69, 9.17) is 12.2 Å². The Hall–Kier alpha value is -2.01. The normalized spacial score (nSPS) is 17.4. The van der Waals surface area contributed by atoms with Crippen molar-refractivity contribution in [2.45, 2.75) is 40.5 Å². The summed E-state index contributed by atoms with van der Waals surface area (Å²) in [6.45, 7) is 12.7. The van der Waals surface area contributed by atoms with Crippen LogP contribution in [0.1, 0.15) is 40.5 Å². The first-order valence-corrected chi connectivity index (χ1v) is 7.80. The minimum Gasteiger partial charge on any atom is -0.402 e. The molecule has 120 valence electrons. The molecule has 0 aliphatic heterocycles. The van der Waals surface area contributed by atoms with Crippen LogP contribution in [0.15, 0.2) is 53.2 Å². The highest BCUT2D eigenvalue weighted by Crippen LogP contribution is 2.37. The van der Waals surface area contributed by atoms with Crippen molar-refractivity contribution in [2.24, 2.45) is 22.1 Å². The van der Waals surface area contributed by atoms with Crippen LogP contribution in [0.3, 0.4) is 0 Å². The minimum atomic E-state index is -0.195. The predicted molar refractivity (Wildman–Crippen MR) is 99.7 cm³/mol. The topological polar surface area (TPSA) is 38.4 Å². The highest BCUT2D eigenvalue weighted by molar-refractivity contribution is 5.53. The summed E-state index contributed by atoms with van der Waals surface area (Å²) >= 11 is 0. The van der Waals surface area contributed by atoms with Crippen LogP contribution >= 0.6 is 0 Å². The van der Waals surface area contributed by atoms with Gasteiger partial charge in [-0.25, -0.2) is 0 Å². The monoisotopic (exact) mass is 298 g/mol. The average Bonchev–Trinajstić information content (AvgIpc) is 2.52. The molecule has 22 heavy (non-hydrogen) atoms. The van der Waals surface area contributed by atoms with Gasteiger partial charge in [0, 0.05) is 17.0 Å². The molecule has 2 N–H and O–H groups in total. The van der Waals surface area contributed by atoms with Gasteiger partial charge in [-0.3, -0.25) is 4.99 Å². The zero-order valence-corrected chi connectivity index (χ0v) is 14.5. The first-order chi connectivity index (χ1) is 10.5. The third-order valence-electron chi connectivity index (χ3n) is 3.77. The molecule has 0 aromatic heterocycles. The van der Waals surface area contributed by atoms with E-state index in [9.17, 15) is 0 Å². The Morgan fingerprint density at radius 3 is 2.59 bits per heavy atom. The summed E-state index contributed by atoms with van der Waals surface area (Å²) in [4.78, 5) is 4.18. The van der Waals surface area contributed by atoms with Gasteiger partial charge < -0.3 is 5.73 Å². The van der Waals surface area contributed by atoms with E-state index in [0.717, 1.165) is 24.1 Å². The first-order valence-electron chi connectivity index (χ1n) is 7.80. The lowest BCUT2D eigenvalue weighted by Gasteiger charge is -2.31. The fraction of sp³-hybridized carbons (Fsp3) is 0.450. The van der Waals surface area contributed by atoms with Crippen LogP contribution in [0.4, 0.5) is 0 Å². The fourth-order valence-electron chi connectivity index (χ4n) is 2.44. The van der Waals surface area contributed by atoms with Gasteiger partial charge in [0.05, 0.1) is 6.54 Å². The van der Waals surface area contributed by atoms with E-state index >= 15 is 0 Å². The molecule has 0 fully saturated rings. The van der Waals surface area contributed by atoms with Crippen molar-refractivity contribution in [3.8, 4) is 12.3 Å². The van der Waals surface area contributed by atoms with Crippen LogP contribution in [0.5, 0.6) is 0 Å². The van der Waals surface area contributed by atoms with E-state index < -0.39 is 0 Å². The van der Waals surface area contributed by atoms with Crippen LogP contribution in [-0.4, -0.2) is 12.8 Å². The van der Waals surface area contributed by atoms with Gasteiger partial charge in [-0.2, -0.15) is 0 Å². The van der Waals surface area contributed by atoms with Crippen molar-refractivity contribution in [1.82, 2.24) is 0 Å². The lowest BCUT2D eigenvalue weighted by atomic mass is 9.72. The quantitative estimate of drug-likeness (QED) is 0.286. The molecule has 2 nitrogen and oxygen atoms in total. The molecule has 0 rings (SSSR count). The summed E-state index contributed by atoms with van der Waals surface area (Å²) in [5.74, 6) is 2.88. The maximum Gasteiger partial charge on any atom is 0.0566 e. The lowest BCUT2D eigenvalue weighted by molar-refractivity contribution is 0.364. The van der Waals surface area contributed by atoms with E-state index in [-0.39, 0.29) is 11.3 Å². The smallest absolute Gasteiger partial charge is 0.0566 e. The molecule has 0 aromatic carbocycles. The van der Waals surface area contributed by atoms with Crippen molar-refractivity contribution in [2.75, 3.05) is 6.54 Å². The molecule has 0 saturated heterocycles. The van der Waals surface area contributed by atoms with Crippen LogP contribution in [0.2, 0.25) is 0 Å². The fourth-order valence-corrected chi connectivity index (χ4v) is 2.44. The van der Waals surface area contributed by atoms with Gasteiger partial charge in [-0.05, 0) is 38.5 Å². The number of nitrogens with zero attached hydrogens (tertiary/aromatic N) is 1. The number of aliphatic imine (C=N–C) groups is 1. The second-order valence-electron chi connectivity index (χ2n) is 5.49. The van der Waals surface area contributed by atoms with Crippen molar-refractivity contribution >= 4 is 6.21 Å². The van der Waals surface area contributed by atoms with Crippen molar-refractivity contribution < 1.29 is 0 Å². The zero-order valence-electron chi connectivity index (χ0n) is 14.5. The van der Waals surface area contributed by atoms with Gasteiger partial charge in [0.1, 0.15) is 0 Å². The van der Waals surface area contributed by atoms with Crippen LogP contribution in [0.25, 0.3) is 0 Å². The molecular formula is C20H30N2. The Kier molecular flexibility index (Phi) is 9.70. The van der Waals surface area contributed by atoms with Gasteiger partial charge in [-0.1, -0.05) is 56.7 Å². The summed E-state index contributed by atoms with van der Waals surface area (Å²) in [6, 6.07) is 0. The molecule has 0 heterocycles. The van der Waals surface area contributed by atoms with Crippen LogP contribution < -0.4 is 5.73 Å². The summed E-state index contributed by atoms with van der Waals surface area (Å²) in [6.07, 6.45) is 19.3. The Bertz CT molecular complexity index is 500. The Balaban J connectivity index is 5.50. The molecule has 0 radical (unpaired) electrons. The first kappa shape index (κ1) is 20.0. The molecule has 2 atom stereocenters. The van der Waals surface area contributed by atoms with Crippen molar-refractivity contribution in [1.29, 1.82) is 0 Å². The van der Waals surface area contributed by atoms with E-state index in [2.05, 4.69) is 36.6 Å². The van der Waals surface area contributed by atoms with Crippen LogP contribution in [0, 0.1) is 23.7 Å². The molecule has 0 aliphatic carbocycles. The summed E-state index contributed by atoms with van der Waals surface area (Å²) in [5.41, 5.74) is 7.86. The zero-order chi connectivity index (χ0) is 17.0. The van der Waals surface area contributed by atoms with E-state index in [0.29, 0.717) is 6.54 Å². The average molecular weight is 298 g/mol. The van der Waals surface area contributed by atoms with Gasteiger partial charge in [0.15, 0.2) is 0 Å². The van der Waals surface area contributed by atoms with Crippen LogP contribution in [-0.2, 0) is 0 Å². The maximum absolute atomic E-state index is 6.11. The highest BCUT2D eigenvalue weighted by Gasteiger charge is 2.29. The van der Waals surface area contributed by atoms with E-state index in [1.165, 1.54) is 0 Å². The SMILES string of the molecule is C#CC(/C=C/C/N=C\C)[C@@](C)(/C=C\C)C/C(C=C)=C(/N)CC. The summed E-state index contributed by atoms with van der Waals surface area (Å²) in [7, 11) is 0. The molecule has 1 unspecified atom stereocenters. The second kappa shape index (κ2) is 10.7. The molecule has 0 spiro atoms. The number of rotatable bonds is 9. The third-order valence-corrected chi connectivity index (χ3v) is 3.77. The van der Waals surface area contributed by atoms with Gasteiger partial charge in [-0.15, -0.1) is 6.42 Å². The lowest BCUT2D eigenvalue weighted by Crippen LogP contribution is -2.24. The van der Waals surface area contributed by atoms with Gasteiger partial charge in [0.2, 0.25) is 0 Å². The Morgan fingerprint density at radius 2 is 2.14 bits per heavy atom. The number of terminal acetylenes is 1. The minimum absolute atomic E-state index is 0.0182. The summed E-state index contributed by atoms with van der Waals surface area (Å²) in [5, 5.41) is 0. The van der Waals surface area contributed by atoms with Gasteiger partial charge in [0.25, 0.3) is 0 Å². The number of hydrogen-bond acceptors (Lipinski definition) is 2. The second-order valence-corrected chi connectivity index (χ2v) is 5.49. The number of hydrogen-bond donors (Lipinski definition) is 1. The Labute approximate surface area is 136 Å². The molecule has 2 heteroatoms. The third kappa shape index (κ3) is 6.18. The molecular weight excluding hydrogens is 268 g/mol. The van der Waals surface area contributed by atoms with Crippen molar-refractivity contribution in [3.05, 3.63) is 48.2 Å². The molecule has 0 aliphatic rings. The highest BCUT2D eigenvalue weighted by atomic mass is 14.7. The molecule has 0 bridgehead atoms. The summed E-state index contributed by atoms with van der Waals surface area (Å²) < 4.78 is 0. The number of nitrogens with two attached hydrogens (primary N) is 1. The predicted octanol–water partition coefficient (Wildman–Crippen LogP) is 4.66. The molecule has 0 aromatic rings. The molecule has 0 saturated carbocycles. The standard InChI is InChI=1S/C20H30N2/c1-7-14-20(6,16-17(8-2)19(21)10-4)18(9-3)13-12-15-22-11-5/h3,7-8,11-14,18H,2,10,15-16,21H2,1,4-6H3/b13-12+,14-7-,19-17+,22-11-/t18?,20-/m0/s1. The maximum atomic E-state index is 6.11. The van der Waals surface area contributed by atoms with E-state index in [1.54, 1.807) is 6.21 Å². The van der Waals surface area contributed by atoms with Gasteiger partial charge >= 0.3 is 0 Å². The molecule has 0 amide bonds. The Morgan fingerprint density at radius 1 is 1.45 bits per heavy atom. The van der Waals surface area contributed by atoms with Crippen molar-refractivity contribution in [3.63, 3.8) is 0 Å².